The highest BCUT2D eigenvalue weighted by atomic mass is 16.5. The van der Waals surface area contributed by atoms with E-state index in [1.165, 1.54) is 13.2 Å². The molecule has 0 saturated heterocycles. The van der Waals surface area contributed by atoms with Crippen LogP contribution < -0.4 is 21.5 Å². The summed E-state index contributed by atoms with van der Waals surface area (Å²) in [5.74, 6) is -0.553. The van der Waals surface area contributed by atoms with Gasteiger partial charge in [-0.05, 0) is 30.3 Å². The van der Waals surface area contributed by atoms with E-state index in [1.54, 1.807) is 36.4 Å². The first-order valence-electron chi connectivity index (χ1n) is 6.16. The van der Waals surface area contributed by atoms with Gasteiger partial charge in [0, 0.05) is 23.0 Å². The minimum Gasteiger partial charge on any atom is -0.496 e. The molecule has 0 aliphatic heterocycles. The number of hydrogen-bond donors (Lipinski definition) is 3. The fourth-order valence-corrected chi connectivity index (χ4v) is 1.84. The van der Waals surface area contributed by atoms with Crippen LogP contribution in [0.1, 0.15) is 20.7 Å². The summed E-state index contributed by atoms with van der Waals surface area (Å²) in [4.78, 5) is 23.4. The largest absolute Gasteiger partial charge is 0.496 e. The molecule has 0 saturated carbocycles. The van der Waals surface area contributed by atoms with Crippen molar-refractivity contribution in [3.63, 3.8) is 0 Å². The molecule has 0 atom stereocenters. The highest BCUT2D eigenvalue weighted by molar-refractivity contribution is 6.07. The third-order valence-corrected chi connectivity index (χ3v) is 2.88. The van der Waals surface area contributed by atoms with Gasteiger partial charge in [0.25, 0.3) is 5.91 Å². The normalized spacial score (nSPS) is 9.95. The SMILES string of the molecule is COc1cc(N)ccc1C(=O)Nc1cccc(C(N)=O)c1. The molecule has 2 rings (SSSR count). The predicted molar refractivity (Wildman–Crippen MR) is 80.3 cm³/mol. The quantitative estimate of drug-likeness (QED) is 0.742. The highest BCUT2D eigenvalue weighted by Crippen LogP contribution is 2.22. The van der Waals surface area contributed by atoms with Crippen molar-refractivity contribution in [1.29, 1.82) is 0 Å². The highest BCUT2D eigenvalue weighted by Gasteiger charge is 2.13. The molecule has 6 nitrogen and oxygen atoms in total. The summed E-state index contributed by atoms with van der Waals surface area (Å²) < 4.78 is 5.13. The van der Waals surface area contributed by atoms with E-state index >= 15 is 0 Å². The first kappa shape index (κ1) is 14.4. The third-order valence-electron chi connectivity index (χ3n) is 2.88. The maximum absolute atomic E-state index is 12.2. The molecule has 5 N–H and O–H groups in total. The standard InChI is InChI=1S/C15H15N3O3/c1-21-13-8-10(16)5-6-12(13)15(20)18-11-4-2-3-9(7-11)14(17)19/h2-8H,16H2,1H3,(H2,17,19)(H,18,20). The van der Waals surface area contributed by atoms with E-state index in [-0.39, 0.29) is 5.91 Å². The van der Waals surface area contributed by atoms with Crippen LogP contribution in [0.4, 0.5) is 11.4 Å². The number of hydrogen-bond acceptors (Lipinski definition) is 4. The van der Waals surface area contributed by atoms with E-state index in [9.17, 15) is 9.59 Å². The van der Waals surface area contributed by atoms with Gasteiger partial charge in [0.05, 0.1) is 12.7 Å². The van der Waals surface area contributed by atoms with Gasteiger partial charge in [-0.25, -0.2) is 0 Å². The minimum atomic E-state index is -0.559. The fourth-order valence-electron chi connectivity index (χ4n) is 1.84. The van der Waals surface area contributed by atoms with Crippen molar-refractivity contribution in [1.82, 2.24) is 0 Å². The Kier molecular flexibility index (Phi) is 4.08. The second-order valence-electron chi connectivity index (χ2n) is 4.36. The Morgan fingerprint density at radius 1 is 1.14 bits per heavy atom. The van der Waals surface area contributed by atoms with Crippen LogP contribution in [0.25, 0.3) is 0 Å². The summed E-state index contributed by atoms with van der Waals surface area (Å²) in [5, 5.41) is 2.68. The van der Waals surface area contributed by atoms with Gasteiger partial charge >= 0.3 is 0 Å². The summed E-state index contributed by atoms with van der Waals surface area (Å²) in [6, 6.07) is 11.1. The van der Waals surface area contributed by atoms with Gasteiger partial charge in [-0.1, -0.05) is 6.07 Å². The molecule has 2 aromatic carbocycles. The molecular weight excluding hydrogens is 270 g/mol. The average molecular weight is 285 g/mol. The molecule has 0 aliphatic carbocycles. The Hall–Kier alpha value is -3.02. The van der Waals surface area contributed by atoms with Crippen molar-refractivity contribution in [2.75, 3.05) is 18.2 Å². The maximum Gasteiger partial charge on any atom is 0.259 e. The number of nitrogens with two attached hydrogens (primary N) is 2. The van der Waals surface area contributed by atoms with Gasteiger partial charge < -0.3 is 21.5 Å². The number of rotatable bonds is 4. The zero-order chi connectivity index (χ0) is 15.4. The molecule has 0 unspecified atom stereocenters. The van der Waals surface area contributed by atoms with Gasteiger partial charge in [0.1, 0.15) is 5.75 Å². The Morgan fingerprint density at radius 3 is 2.57 bits per heavy atom. The Bertz CT molecular complexity index is 698. The van der Waals surface area contributed by atoms with Crippen molar-refractivity contribution >= 4 is 23.2 Å². The lowest BCUT2D eigenvalue weighted by Gasteiger charge is -2.10. The first-order valence-corrected chi connectivity index (χ1v) is 6.16. The molecule has 0 aromatic heterocycles. The number of nitrogens with one attached hydrogen (secondary N) is 1. The van der Waals surface area contributed by atoms with E-state index in [4.69, 9.17) is 16.2 Å². The lowest BCUT2D eigenvalue weighted by molar-refractivity contribution is 0.0995. The molecule has 6 heteroatoms. The molecule has 0 fully saturated rings. The maximum atomic E-state index is 12.2. The Labute approximate surface area is 121 Å². The van der Waals surface area contributed by atoms with E-state index in [0.29, 0.717) is 28.3 Å². The lowest BCUT2D eigenvalue weighted by atomic mass is 10.1. The van der Waals surface area contributed by atoms with Crippen molar-refractivity contribution < 1.29 is 14.3 Å². The van der Waals surface area contributed by atoms with Crippen LogP contribution in [0.15, 0.2) is 42.5 Å². The number of benzene rings is 2. The monoisotopic (exact) mass is 285 g/mol. The van der Waals surface area contributed by atoms with Crippen molar-refractivity contribution in [3.05, 3.63) is 53.6 Å². The summed E-state index contributed by atoms with van der Waals surface area (Å²) >= 11 is 0. The van der Waals surface area contributed by atoms with Crippen molar-refractivity contribution in [3.8, 4) is 5.75 Å². The van der Waals surface area contributed by atoms with Crippen LogP contribution >= 0.6 is 0 Å². The lowest BCUT2D eigenvalue weighted by Crippen LogP contribution is -2.15. The third kappa shape index (κ3) is 3.30. The number of anilines is 2. The molecule has 2 aromatic rings. The number of primary amides is 1. The average Bonchev–Trinajstić information content (AvgIpc) is 2.47. The zero-order valence-corrected chi connectivity index (χ0v) is 11.4. The molecule has 0 spiro atoms. The Morgan fingerprint density at radius 2 is 1.90 bits per heavy atom. The van der Waals surface area contributed by atoms with Crippen molar-refractivity contribution in [2.24, 2.45) is 5.73 Å². The van der Waals surface area contributed by atoms with Crippen LogP contribution in [0.3, 0.4) is 0 Å². The fraction of sp³-hybridized carbons (Fsp3) is 0.0667. The smallest absolute Gasteiger partial charge is 0.259 e. The first-order chi connectivity index (χ1) is 10.0. The molecule has 0 radical (unpaired) electrons. The molecule has 21 heavy (non-hydrogen) atoms. The minimum absolute atomic E-state index is 0.317. The number of carbonyl (C=O) groups excluding carboxylic acids is 2. The Balaban J connectivity index is 2.26. The molecule has 108 valence electrons. The van der Waals surface area contributed by atoms with Crippen molar-refractivity contribution in [2.45, 2.75) is 0 Å². The second kappa shape index (κ2) is 5.96. The number of nitrogen functional groups attached to an aromatic ring is 1. The topological polar surface area (TPSA) is 107 Å². The number of carbonyl (C=O) groups is 2. The molecule has 0 heterocycles. The summed E-state index contributed by atoms with van der Waals surface area (Å²) in [6.45, 7) is 0. The molecule has 2 amide bonds. The van der Waals surface area contributed by atoms with Crippen LogP contribution in [0.2, 0.25) is 0 Å². The van der Waals surface area contributed by atoms with E-state index in [1.807, 2.05) is 0 Å². The zero-order valence-electron chi connectivity index (χ0n) is 11.4. The van der Waals surface area contributed by atoms with Crippen LogP contribution in [-0.2, 0) is 0 Å². The number of amides is 2. The van der Waals surface area contributed by atoms with Gasteiger partial charge in [-0.15, -0.1) is 0 Å². The predicted octanol–water partition coefficient (Wildman–Crippen LogP) is 1.63. The summed E-state index contributed by atoms with van der Waals surface area (Å²) in [7, 11) is 1.46. The molecular formula is C15H15N3O3. The summed E-state index contributed by atoms with van der Waals surface area (Å²) in [6.07, 6.45) is 0. The van der Waals surface area contributed by atoms with Crippen LogP contribution in [0.5, 0.6) is 5.75 Å². The van der Waals surface area contributed by atoms with Gasteiger partial charge in [-0.3, -0.25) is 9.59 Å². The second-order valence-corrected chi connectivity index (χ2v) is 4.36. The number of ether oxygens (including phenoxy) is 1. The van der Waals surface area contributed by atoms with Crippen LogP contribution in [-0.4, -0.2) is 18.9 Å². The molecule has 0 bridgehead atoms. The van der Waals surface area contributed by atoms with E-state index < -0.39 is 5.91 Å². The van der Waals surface area contributed by atoms with E-state index in [2.05, 4.69) is 5.32 Å². The number of methoxy groups -OCH3 is 1. The van der Waals surface area contributed by atoms with Gasteiger partial charge in [0.2, 0.25) is 5.91 Å². The van der Waals surface area contributed by atoms with E-state index in [0.717, 1.165) is 0 Å². The van der Waals surface area contributed by atoms with Crippen LogP contribution in [0, 0.1) is 0 Å². The summed E-state index contributed by atoms with van der Waals surface area (Å²) in [5.41, 5.74) is 12.5. The van der Waals surface area contributed by atoms with Gasteiger partial charge in [0.15, 0.2) is 0 Å². The van der Waals surface area contributed by atoms with Gasteiger partial charge in [-0.2, -0.15) is 0 Å². The molecule has 0 aliphatic rings.